The largest absolute Gasteiger partial charge is 0.493 e. The molecule has 41 heavy (non-hydrogen) atoms. The van der Waals surface area contributed by atoms with Gasteiger partial charge in [-0.25, -0.2) is 14.0 Å². The molecule has 10 heteroatoms. The molecular weight excluding hydrogens is 579 g/mol. The SMILES string of the molecule is CCCCC=C(C)c1ccc(Cc2nc(-c3ccc(Cl)cc3Cl)cn2-c2cccc(N3C=C(O)NS3(=O)=O)c2)cc1. The summed E-state index contributed by atoms with van der Waals surface area (Å²) in [7, 11) is -3.93. The molecule has 0 saturated carbocycles. The van der Waals surface area contributed by atoms with Crippen LogP contribution in [0.15, 0.2) is 91.1 Å². The van der Waals surface area contributed by atoms with Crippen LogP contribution in [0.3, 0.4) is 0 Å². The number of benzene rings is 3. The summed E-state index contributed by atoms with van der Waals surface area (Å²) in [6, 6.07) is 20.7. The first kappa shape index (κ1) is 28.8. The number of imidazole rings is 1. The zero-order valence-electron chi connectivity index (χ0n) is 22.7. The molecule has 2 N–H and O–H groups in total. The third-order valence-corrected chi connectivity index (χ3v) is 8.71. The van der Waals surface area contributed by atoms with E-state index in [1.807, 2.05) is 22.9 Å². The van der Waals surface area contributed by atoms with Gasteiger partial charge in [0.25, 0.3) is 0 Å². The summed E-state index contributed by atoms with van der Waals surface area (Å²) in [5.74, 6) is 0.296. The van der Waals surface area contributed by atoms with E-state index in [2.05, 4.69) is 48.9 Å². The Morgan fingerprint density at radius 1 is 1.05 bits per heavy atom. The fourth-order valence-corrected chi connectivity index (χ4v) is 6.23. The Labute approximate surface area is 250 Å². The number of nitrogens with one attached hydrogen (secondary N) is 1. The first-order valence-corrected chi connectivity index (χ1v) is 15.5. The van der Waals surface area contributed by atoms with Crippen molar-refractivity contribution in [2.24, 2.45) is 0 Å². The van der Waals surface area contributed by atoms with Crippen molar-refractivity contribution in [3.63, 3.8) is 0 Å². The molecule has 4 aromatic rings. The number of nitrogens with zero attached hydrogens (tertiary/aromatic N) is 3. The number of rotatable bonds is 9. The highest BCUT2D eigenvalue weighted by molar-refractivity contribution is 7.91. The van der Waals surface area contributed by atoms with E-state index < -0.39 is 16.1 Å². The summed E-state index contributed by atoms with van der Waals surface area (Å²) in [6.07, 6.45) is 9.23. The first-order chi connectivity index (χ1) is 19.6. The van der Waals surface area contributed by atoms with Crippen LogP contribution in [0.5, 0.6) is 0 Å². The van der Waals surface area contributed by atoms with Gasteiger partial charge in [0.05, 0.1) is 22.6 Å². The third-order valence-electron chi connectivity index (χ3n) is 6.86. The number of aromatic nitrogens is 2. The van der Waals surface area contributed by atoms with E-state index >= 15 is 0 Å². The van der Waals surface area contributed by atoms with Gasteiger partial charge in [-0.1, -0.05) is 79.4 Å². The molecule has 0 unspecified atom stereocenters. The van der Waals surface area contributed by atoms with Crippen LogP contribution in [0.4, 0.5) is 5.69 Å². The molecule has 7 nitrogen and oxygen atoms in total. The molecule has 0 amide bonds. The number of aliphatic hydroxyl groups excluding tert-OH is 1. The minimum Gasteiger partial charge on any atom is -0.493 e. The molecule has 1 aliphatic rings. The average molecular weight is 610 g/mol. The van der Waals surface area contributed by atoms with Crippen LogP contribution in [0, 0.1) is 0 Å². The zero-order valence-corrected chi connectivity index (χ0v) is 25.0. The van der Waals surface area contributed by atoms with Crippen molar-refractivity contribution in [3.05, 3.63) is 118 Å². The molecule has 2 heterocycles. The lowest BCUT2D eigenvalue weighted by molar-refractivity contribution is 0.392. The van der Waals surface area contributed by atoms with Crippen molar-refractivity contribution >= 4 is 44.7 Å². The van der Waals surface area contributed by atoms with Crippen molar-refractivity contribution in [1.29, 1.82) is 0 Å². The summed E-state index contributed by atoms with van der Waals surface area (Å²) in [4.78, 5) is 4.95. The van der Waals surface area contributed by atoms with E-state index in [0.29, 0.717) is 33.5 Å². The Morgan fingerprint density at radius 3 is 2.49 bits per heavy atom. The molecule has 0 spiro atoms. The lowest BCUT2D eigenvalue weighted by Crippen LogP contribution is -2.29. The van der Waals surface area contributed by atoms with E-state index in [-0.39, 0.29) is 0 Å². The molecule has 1 aromatic heterocycles. The van der Waals surface area contributed by atoms with Crippen LogP contribution in [-0.2, 0) is 16.6 Å². The quantitative estimate of drug-likeness (QED) is 0.188. The van der Waals surface area contributed by atoms with Gasteiger partial charge >= 0.3 is 10.2 Å². The molecule has 0 fully saturated rings. The molecule has 0 aliphatic carbocycles. The fraction of sp³-hybridized carbons (Fsp3) is 0.194. The van der Waals surface area contributed by atoms with Gasteiger partial charge in [0.2, 0.25) is 5.88 Å². The van der Waals surface area contributed by atoms with Gasteiger partial charge in [-0.3, -0.25) is 0 Å². The smallest absolute Gasteiger partial charge is 0.330 e. The Hall–Kier alpha value is -3.72. The van der Waals surface area contributed by atoms with E-state index in [0.717, 1.165) is 33.9 Å². The second-order valence-electron chi connectivity index (χ2n) is 9.88. The predicted octanol–water partition coefficient (Wildman–Crippen LogP) is 8.04. The standard InChI is InChI=1S/C31H30Cl2N4O3S/c1-3-4-5-7-21(2)23-12-10-22(11-13-23)16-30-34-29(27-15-14-24(32)17-28(27)33)19-36(30)25-8-6-9-26(18-25)37-20-31(38)35-41(37,39)40/h6-15,17-20,35,38H,3-5,16H2,1-2H3. The summed E-state index contributed by atoms with van der Waals surface area (Å²) < 4.78 is 30.0. The molecule has 1 aliphatic heterocycles. The van der Waals surface area contributed by atoms with Gasteiger partial charge in [0, 0.05) is 28.9 Å². The summed E-state index contributed by atoms with van der Waals surface area (Å²) in [5, 5.41) is 10.8. The van der Waals surface area contributed by atoms with Gasteiger partial charge in [-0.2, -0.15) is 8.42 Å². The maximum atomic E-state index is 12.5. The minimum absolute atomic E-state index is 0.361. The molecule has 0 radical (unpaired) electrons. The molecule has 0 bridgehead atoms. The fourth-order valence-electron chi connectivity index (χ4n) is 4.68. The number of unbranched alkanes of at least 4 members (excludes halogenated alkanes) is 2. The lowest BCUT2D eigenvalue weighted by atomic mass is 10.0. The van der Waals surface area contributed by atoms with Crippen LogP contribution >= 0.6 is 23.2 Å². The number of aliphatic hydroxyl groups is 1. The predicted molar refractivity (Wildman–Crippen MR) is 167 cm³/mol. The molecular formula is C31H30Cl2N4O3S. The van der Waals surface area contributed by atoms with E-state index in [1.54, 1.807) is 30.3 Å². The number of anilines is 1. The maximum Gasteiger partial charge on any atom is 0.330 e. The number of hydrogen-bond donors (Lipinski definition) is 2. The molecule has 212 valence electrons. The number of halogens is 2. The Bertz CT molecular complexity index is 1750. The zero-order chi connectivity index (χ0) is 29.1. The van der Waals surface area contributed by atoms with Crippen LogP contribution in [0.2, 0.25) is 10.0 Å². The van der Waals surface area contributed by atoms with Crippen molar-refractivity contribution in [2.75, 3.05) is 4.31 Å². The van der Waals surface area contributed by atoms with Crippen molar-refractivity contribution in [3.8, 4) is 16.9 Å². The first-order valence-electron chi connectivity index (χ1n) is 13.3. The van der Waals surface area contributed by atoms with Gasteiger partial charge in [0.1, 0.15) is 5.82 Å². The Morgan fingerprint density at radius 2 is 1.80 bits per heavy atom. The minimum atomic E-state index is -3.93. The molecule has 5 rings (SSSR count). The van der Waals surface area contributed by atoms with Crippen LogP contribution in [-0.4, -0.2) is 23.1 Å². The average Bonchev–Trinajstić information content (AvgIpc) is 3.47. The second-order valence-corrected chi connectivity index (χ2v) is 12.3. The van der Waals surface area contributed by atoms with E-state index in [1.165, 1.54) is 24.0 Å². The van der Waals surface area contributed by atoms with Crippen molar-refractivity contribution < 1.29 is 13.5 Å². The van der Waals surface area contributed by atoms with Crippen molar-refractivity contribution in [1.82, 2.24) is 14.3 Å². The Kier molecular flexibility index (Phi) is 8.45. The Balaban J connectivity index is 1.53. The topological polar surface area (TPSA) is 87.5 Å². The molecule has 0 atom stereocenters. The highest BCUT2D eigenvalue weighted by Gasteiger charge is 2.29. The summed E-state index contributed by atoms with van der Waals surface area (Å²) in [5.41, 5.74) is 5.97. The van der Waals surface area contributed by atoms with Crippen LogP contribution < -0.4 is 9.03 Å². The van der Waals surface area contributed by atoms with E-state index in [4.69, 9.17) is 28.2 Å². The molecule has 3 aromatic carbocycles. The van der Waals surface area contributed by atoms with Gasteiger partial charge < -0.3 is 9.67 Å². The van der Waals surface area contributed by atoms with E-state index in [9.17, 15) is 13.5 Å². The lowest BCUT2D eigenvalue weighted by Gasteiger charge is -2.16. The maximum absolute atomic E-state index is 12.5. The number of hydrogen-bond acceptors (Lipinski definition) is 4. The second kappa shape index (κ2) is 12.0. The summed E-state index contributed by atoms with van der Waals surface area (Å²) in [6.45, 7) is 4.33. The monoisotopic (exact) mass is 608 g/mol. The molecule has 0 saturated heterocycles. The van der Waals surface area contributed by atoms with Crippen LogP contribution in [0.25, 0.3) is 22.5 Å². The summed E-state index contributed by atoms with van der Waals surface area (Å²) >= 11 is 12.7. The highest BCUT2D eigenvalue weighted by atomic mass is 35.5. The highest BCUT2D eigenvalue weighted by Crippen LogP contribution is 2.32. The van der Waals surface area contributed by atoms with Crippen LogP contribution in [0.1, 0.15) is 50.1 Å². The van der Waals surface area contributed by atoms with Gasteiger partial charge in [-0.15, -0.1) is 0 Å². The van der Waals surface area contributed by atoms with Gasteiger partial charge in [-0.05, 0) is 66.4 Å². The number of allylic oxidation sites excluding steroid dienone is 2. The van der Waals surface area contributed by atoms with Gasteiger partial charge in [0.15, 0.2) is 0 Å². The third kappa shape index (κ3) is 6.45. The normalized spacial score (nSPS) is 14.7. The van der Waals surface area contributed by atoms with Crippen molar-refractivity contribution in [2.45, 2.75) is 39.5 Å².